The quantitative estimate of drug-likeness (QED) is 0.892. The Morgan fingerprint density at radius 1 is 1.25 bits per heavy atom. The zero-order chi connectivity index (χ0) is 17.4. The summed E-state index contributed by atoms with van der Waals surface area (Å²) in [5, 5.41) is 4.53. The summed E-state index contributed by atoms with van der Waals surface area (Å²) in [7, 11) is 0. The number of hydrogen-bond donors (Lipinski definition) is 1. The molecule has 4 nitrogen and oxygen atoms in total. The number of amides is 2. The van der Waals surface area contributed by atoms with Gasteiger partial charge in [0.05, 0.1) is 0 Å². The molecule has 1 aromatic carbocycles. The number of pyridine rings is 1. The molecule has 1 N–H and O–H groups in total. The molecule has 0 unspecified atom stereocenters. The van der Waals surface area contributed by atoms with E-state index in [1.165, 1.54) is 12.1 Å². The van der Waals surface area contributed by atoms with E-state index >= 15 is 0 Å². The van der Waals surface area contributed by atoms with Gasteiger partial charge in [-0.1, -0.05) is 0 Å². The summed E-state index contributed by atoms with van der Waals surface area (Å²) >= 11 is 0. The van der Waals surface area contributed by atoms with Crippen LogP contribution in [0.15, 0.2) is 24.3 Å². The maximum atomic E-state index is 13.7. The van der Waals surface area contributed by atoms with E-state index < -0.39 is 0 Å². The summed E-state index contributed by atoms with van der Waals surface area (Å²) in [6.07, 6.45) is 2.21. The van der Waals surface area contributed by atoms with Crippen molar-refractivity contribution in [2.24, 2.45) is 0 Å². The van der Waals surface area contributed by atoms with Crippen LogP contribution in [0.25, 0.3) is 10.8 Å². The summed E-state index contributed by atoms with van der Waals surface area (Å²) in [6.45, 7) is 7.78. The fourth-order valence-electron chi connectivity index (χ4n) is 2.89. The van der Waals surface area contributed by atoms with Gasteiger partial charge >= 0.3 is 6.03 Å². The second-order valence-corrected chi connectivity index (χ2v) is 7.08. The molecule has 0 radical (unpaired) electrons. The lowest BCUT2D eigenvalue weighted by molar-refractivity contribution is 0.242. The molecule has 2 amide bonds. The highest BCUT2D eigenvalue weighted by atomic mass is 19.1. The third kappa shape index (κ3) is 3.35. The van der Waals surface area contributed by atoms with Gasteiger partial charge in [-0.05, 0) is 70.2 Å². The molecule has 24 heavy (non-hydrogen) atoms. The number of nitrogens with one attached hydrogen (secondary N) is 1. The minimum Gasteiger partial charge on any atom is -0.335 e. The number of carbonyl (C=O) groups excluding carboxylic acids is 1. The molecule has 0 spiro atoms. The normalized spacial score (nSPS) is 14.5. The van der Waals surface area contributed by atoms with E-state index in [4.69, 9.17) is 4.98 Å². The number of urea groups is 1. The fourth-order valence-corrected chi connectivity index (χ4v) is 2.89. The maximum Gasteiger partial charge on any atom is 0.323 e. The zero-order valence-corrected chi connectivity index (χ0v) is 14.6. The number of anilines is 1. The molecule has 0 saturated heterocycles. The lowest BCUT2D eigenvalue weighted by Crippen LogP contribution is -2.47. The van der Waals surface area contributed by atoms with E-state index in [1.807, 2.05) is 33.8 Å². The van der Waals surface area contributed by atoms with Gasteiger partial charge in [0.2, 0.25) is 0 Å². The van der Waals surface area contributed by atoms with Crippen LogP contribution in [0.5, 0.6) is 0 Å². The summed E-state index contributed by atoms with van der Waals surface area (Å²) < 4.78 is 13.7. The monoisotopic (exact) mass is 329 g/mol. The zero-order valence-electron chi connectivity index (χ0n) is 14.6. The number of nitrogens with zero attached hydrogens (tertiary/aromatic N) is 2. The first-order valence-electron chi connectivity index (χ1n) is 8.56. The van der Waals surface area contributed by atoms with Crippen molar-refractivity contribution in [1.82, 2.24) is 10.3 Å². The molecule has 0 bridgehead atoms. The lowest BCUT2D eigenvalue weighted by atomic mass is 10.1. The van der Waals surface area contributed by atoms with Crippen molar-refractivity contribution in [3.8, 4) is 0 Å². The molecule has 5 heteroatoms. The minimum atomic E-state index is -0.274. The Kier molecular flexibility index (Phi) is 4.43. The number of halogens is 1. The maximum absolute atomic E-state index is 13.7. The number of hydrogen-bond acceptors (Lipinski definition) is 2. The number of carbonyl (C=O) groups is 1. The van der Waals surface area contributed by atoms with Gasteiger partial charge in [-0.3, -0.25) is 4.90 Å². The smallest absolute Gasteiger partial charge is 0.323 e. The molecule has 1 heterocycles. The Bertz CT molecular complexity index is 769. The predicted molar refractivity (Wildman–Crippen MR) is 95.0 cm³/mol. The van der Waals surface area contributed by atoms with Gasteiger partial charge in [0.15, 0.2) is 0 Å². The summed E-state index contributed by atoms with van der Waals surface area (Å²) in [6, 6.07) is 6.41. The SMILES string of the molecule is CC(C)NC(=O)N(c1nc(C2CC2)cc2cc(F)ccc12)C(C)C. The van der Waals surface area contributed by atoms with Crippen LogP contribution < -0.4 is 10.2 Å². The molecule has 2 aromatic rings. The van der Waals surface area contributed by atoms with Crippen LogP contribution in [-0.4, -0.2) is 23.1 Å². The van der Waals surface area contributed by atoms with Crippen LogP contribution >= 0.6 is 0 Å². The average Bonchev–Trinajstić information content (AvgIpc) is 3.29. The molecular formula is C19H24FN3O. The largest absolute Gasteiger partial charge is 0.335 e. The molecule has 1 saturated carbocycles. The molecule has 0 aliphatic heterocycles. The van der Waals surface area contributed by atoms with Crippen LogP contribution in [0, 0.1) is 5.82 Å². The first-order valence-corrected chi connectivity index (χ1v) is 8.56. The van der Waals surface area contributed by atoms with Crippen LogP contribution in [0.2, 0.25) is 0 Å². The Morgan fingerprint density at radius 2 is 1.96 bits per heavy atom. The van der Waals surface area contributed by atoms with E-state index in [1.54, 1.807) is 11.0 Å². The van der Waals surface area contributed by atoms with Crippen molar-refractivity contribution in [1.29, 1.82) is 0 Å². The van der Waals surface area contributed by atoms with E-state index in [0.29, 0.717) is 11.7 Å². The number of benzene rings is 1. The summed E-state index contributed by atoms with van der Waals surface area (Å²) in [4.78, 5) is 19.2. The Morgan fingerprint density at radius 3 is 2.54 bits per heavy atom. The fraction of sp³-hybridized carbons (Fsp3) is 0.474. The van der Waals surface area contributed by atoms with Crippen molar-refractivity contribution in [3.05, 3.63) is 35.8 Å². The standard InChI is InChI=1S/C19H24FN3O/c1-11(2)21-19(24)23(12(3)4)18-16-8-7-15(20)9-14(16)10-17(22-18)13-5-6-13/h7-13H,5-6H2,1-4H3,(H,21,24). The Hall–Kier alpha value is -2.17. The predicted octanol–water partition coefficient (Wildman–Crippen LogP) is 4.58. The Labute approximate surface area is 142 Å². The van der Waals surface area contributed by atoms with Crippen molar-refractivity contribution < 1.29 is 9.18 Å². The highest BCUT2D eigenvalue weighted by Gasteiger charge is 2.29. The molecule has 0 atom stereocenters. The van der Waals surface area contributed by atoms with Crippen molar-refractivity contribution in [3.63, 3.8) is 0 Å². The second kappa shape index (κ2) is 6.38. The number of fused-ring (bicyclic) bond motifs is 1. The highest BCUT2D eigenvalue weighted by Crippen LogP contribution is 2.41. The third-order valence-corrected chi connectivity index (χ3v) is 4.16. The second-order valence-electron chi connectivity index (χ2n) is 7.08. The van der Waals surface area contributed by atoms with Crippen LogP contribution in [0.3, 0.4) is 0 Å². The summed E-state index contributed by atoms with van der Waals surface area (Å²) in [5.74, 6) is 0.769. The van der Waals surface area contributed by atoms with E-state index in [9.17, 15) is 9.18 Å². The molecule has 1 aliphatic carbocycles. The van der Waals surface area contributed by atoms with E-state index in [2.05, 4.69) is 5.32 Å². The first kappa shape index (κ1) is 16.7. The Balaban J connectivity index is 2.15. The molecule has 1 fully saturated rings. The van der Waals surface area contributed by atoms with Gasteiger partial charge in [0.1, 0.15) is 11.6 Å². The van der Waals surface area contributed by atoms with Crippen molar-refractivity contribution in [2.75, 3.05) is 4.90 Å². The topological polar surface area (TPSA) is 45.2 Å². The van der Waals surface area contributed by atoms with E-state index in [0.717, 1.165) is 29.3 Å². The van der Waals surface area contributed by atoms with E-state index in [-0.39, 0.29) is 23.9 Å². The van der Waals surface area contributed by atoms with Crippen molar-refractivity contribution in [2.45, 2.75) is 58.5 Å². The molecule has 3 rings (SSSR count). The van der Waals surface area contributed by atoms with Gasteiger partial charge in [-0.2, -0.15) is 0 Å². The van der Waals surface area contributed by atoms with Crippen LogP contribution in [0.4, 0.5) is 15.0 Å². The van der Waals surface area contributed by atoms with Gasteiger partial charge < -0.3 is 5.32 Å². The molecule has 1 aromatic heterocycles. The minimum absolute atomic E-state index is 0.0362. The van der Waals surface area contributed by atoms with Crippen molar-refractivity contribution >= 4 is 22.6 Å². The molecule has 128 valence electrons. The number of rotatable bonds is 4. The highest BCUT2D eigenvalue weighted by molar-refractivity contribution is 6.02. The van der Waals surface area contributed by atoms with Crippen LogP contribution in [-0.2, 0) is 0 Å². The van der Waals surface area contributed by atoms with Gasteiger partial charge in [-0.25, -0.2) is 14.2 Å². The number of aromatic nitrogens is 1. The average molecular weight is 329 g/mol. The van der Waals surface area contributed by atoms with Gasteiger partial charge in [-0.15, -0.1) is 0 Å². The van der Waals surface area contributed by atoms with Crippen LogP contribution in [0.1, 0.15) is 52.1 Å². The van der Waals surface area contributed by atoms with Gasteiger partial charge in [0, 0.05) is 29.1 Å². The van der Waals surface area contributed by atoms with Gasteiger partial charge in [0.25, 0.3) is 0 Å². The summed E-state index contributed by atoms with van der Waals surface area (Å²) in [5.41, 5.74) is 0.950. The first-order chi connectivity index (χ1) is 11.4. The third-order valence-electron chi connectivity index (χ3n) is 4.16. The lowest BCUT2D eigenvalue weighted by Gasteiger charge is -2.28. The molecular weight excluding hydrogens is 305 g/mol. The molecule has 1 aliphatic rings.